The molecule has 3 aromatic rings. The number of benzene rings is 2. The molecule has 3 rings (SSSR count). The SMILES string of the molecule is CCOc1ccccc1NC(=O)CN(Cc1ccco1)S(=O)(=O)c1cc(C)ccc1C. The van der Waals surface area contributed by atoms with Crippen molar-refractivity contribution in [1.82, 2.24) is 4.31 Å². The summed E-state index contributed by atoms with van der Waals surface area (Å²) in [7, 11) is -3.96. The zero-order chi connectivity index (χ0) is 22.4. The number of hydrogen-bond donors (Lipinski definition) is 1. The van der Waals surface area contributed by atoms with Gasteiger partial charge >= 0.3 is 0 Å². The van der Waals surface area contributed by atoms with Gasteiger partial charge in [-0.15, -0.1) is 0 Å². The first-order valence-corrected chi connectivity index (χ1v) is 11.4. The van der Waals surface area contributed by atoms with Gasteiger partial charge in [0.05, 0.1) is 36.5 Å². The van der Waals surface area contributed by atoms with Crippen molar-refractivity contribution in [2.24, 2.45) is 0 Å². The van der Waals surface area contributed by atoms with Crippen molar-refractivity contribution in [3.05, 3.63) is 77.7 Å². The van der Waals surface area contributed by atoms with E-state index >= 15 is 0 Å². The molecule has 0 aliphatic heterocycles. The molecule has 0 bridgehead atoms. The highest BCUT2D eigenvalue weighted by Gasteiger charge is 2.29. The lowest BCUT2D eigenvalue weighted by Gasteiger charge is -2.22. The number of rotatable bonds is 9. The molecule has 8 heteroatoms. The minimum Gasteiger partial charge on any atom is -0.492 e. The quantitative estimate of drug-likeness (QED) is 0.538. The van der Waals surface area contributed by atoms with Crippen molar-refractivity contribution < 1.29 is 22.4 Å². The van der Waals surface area contributed by atoms with Crippen LogP contribution in [0.5, 0.6) is 5.75 Å². The predicted molar refractivity (Wildman–Crippen MR) is 118 cm³/mol. The van der Waals surface area contributed by atoms with Crippen molar-refractivity contribution in [3.8, 4) is 5.75 Å². The van der Waals surface area contributed by atoms with Gasteiger partial charge in [0, 0.05) is 0 Å². The summed E-state index contributed by atoms with van der Waals surface area (Å²) in [5.74, 6) is 0.484. The number of nitrogens with one attached hydrogen (secondary N) is 1. The third-order valence-electron chi connectivity index (χ3n) is 4.65. The van der Waals surface area contributed by atoms with Gasteiger partial charge in [0.2, 0.25) is 15.9 Å². The molecule has 0 aliphatic carbocycles. The number of anilines is 1. The van der Waals surface area contributed by atoms with Crippen LogP contribution in [0, 0.1) is 13.8 Å². The maximum absolute atomic E-state index is 13.5. The minimum atomic E-state index is -3.96. The van der Waals surface area contributed by atoms with Crippen molar-refractivity contribution in [3.63, 3.8) is 0 Å². The van der Waals surface area contributed by atoms with Crippen LogP contribution < -0.4 is 10.1 Å². The molecule has 0 saturated carbocycles. The van der Waals surface area contributed by atoms with Crippen molar-refractivity contribution >= 4 is 21.6 Å². The molecule has 7 nitrogen and oxygen atoms in total. The van der Waals surface area contributed by atoms with Crippen LogP contribution in [0.3, 0.4) is 0 Å². The number of furan rings is 1. The smallest absolute Gasteiger partial charge is 0.244 e. The number of carbonyl (C=O) groups is 1. The lowest BCUT2D eigenvalue weighted by molar-refractivity contribution is -0.116. The Bertz CT molecular complexity index is 1140. The van der Waals surface area contributed by atoms with Gasteiger partial charge in [0.15, 0.2) is 0 Å². The summed E-state index contributed by atoms with van der Waals surface area (Å²) in [5.41, 5.74) is 1.91. The minimum absolute atomic E-state index is 0.0662. The highest BCUT2D eigenvalue weighted by molar-refractivity contribution is 7.89. The van der Waals surface area contributed by atoms with E-state index in [0.29, 0.717) is 29.4 Å². The molecule has 164 valence electrons. The Balaban J connectivity index is 1.89. The van der Waals surface area contributed by atoms with E-state index in [1.54, 1.807) is 55.5 Å². The predicted octanol–water partition coefficient (Wildman–Crippen LogP) is 4.12. The molecular formula is C23H26N2O5S. The number of ether oxygens (including phenoxy) is 1. The van der Waals surface area contributed by atoms with Gasteiger partial charge in [-0.2, -0.15) is 4.31 Å². The fourth-order valence-electron chi connectivity index (χ4n) is 3.13. The summed E-state index contributed by atoms with van der Waals surface area (Å²) in [6.07, 6.45) is 1.47. The molecule has 0 radical (unpaired) electrons. The standard InChI is InChI=1S/C23H26N2O5S/c1-4-29-21-10-6-5-9-20(21)24-23(26)16-25(15-19-8-7-13-30-19)31(27,28)22-14-17(2)11-12-18(22)3/h5-14H,4,15-16H2,1-3H3,(H,24,26). The van der Waals surface area contributed by atoms with Crippen molar-refractivity contribution in [2.45, 2.75) is 32.2 Å². The van der Waals surface area contributed by atoms with Crippen LogP contribution in [0.25, 0.3) is 0 Å². The van der Waals surface area contributed by atoms with E-state index in [0.717, 1.165) is 9.87 Å². The molecule has 2 aromatic carbocycles. The third kappa shape index (κ3) is 5.53. The third-order valence-corrected chi connectivity index (χ3v) is 6.59. The van der Waals surface area contributed by atoms with E-state index in [1.807, 2.05) is 19.9 Å². The van der Waals surface area contributed by atoms with Gasteiger partial charge in [-0.1, -0.05) is 24.3 Å². The Morgan fingerprint density at radius 2 is 1.87 bits per heavy atom. The van der Waals surface area contributed by atoms with Gasteiger partial charge in [-0.25, -0.2) is 8.42 Å². The van der Waals surface area contributed by atoms with Crippen LogP contribution in [0.2, 0.25) is 0 Å². The maximum Gasteiger partial charge on any atom is 0.244 e. The van der Waals surface area contributed by atoms with Crippen molar-refractivity contribution in [2.75, 3.05) is 18.5 Å². The Kier molecular flexibility index (Phi) is 7.14. The molecule has 1 N–H and O–H groups in total. The van der Waals surface area contributed by atoms with E-state index in [-0.39, 0.29) is 18.0 Å². The van der Waals surface area contributed by atoms with Gasteiger partial charge in [-0.3, -0.25) is 4.79 Å². The monoisotopic (exact) mass is 442 g/mol. The van der Waals surface area contributed by atoms with Crippen LogP contribution in [0.1, 0.15) is 23.8 Å². The second kappa shape index (κ2) is 9.80. The average molecular weight is 443 g/mol. The molecule has 0 spiro atoms. The molecule has 1 heterocycles. The number of sulfonamides is 1. The highest BCUT2D eigenvalue weighted by Crippen LogP contribution is 2.25. The van der Waals surface area contributed by atoms with E-state index in [9.17, 15) is 13.2 Å². The maximum atomic E-state index is 13.5. The Hall–Kier alpha value is -3.10. The summed E-state index contributed by atoms with van der Waals surface area (Å²) in [4.78, 5) is 13.0. The fraction of sp³-hybridized carbons (Fsp3) is 0.261. The molecule has 0 atom stereocenters. The topological polar surface area (TPSA) is 88.8 Å². The second-order valence-corrected chi connectivity index (χ2v) is 9.01. The Morgan fingerprint density at radius 1 is 1.10 bits per heavy atom. The van der Waals surface area contributed by atoms with Gasteiger partial charge < -0.3 is 14.5 Å². The summed E-state index contributed by atoms with van der Waals surface area (Å²) >= 11 is 0. The number of nitrogens with zero attached hydrogens (tertiary/aromatic N) is 1. The van der Waals surface area contributed by atoms with Crippen LogP contribution in [-0.4, -0.2) is 31.8 Å². The molecule has 0 aliphatic rings. The Morgan fingerprint density at radius 3 is 2.58 bits per heavy atom. The van der Waals surface area contributed by atoms with E-state index in [4.69, 9.17) is 9.15 Å². The number of amides is 1. The van der Waals surface area contributed by atoms with Crippen molar-refractivity contribution in [1.29, 1.82) is 0 Å². The van der Waals surface area contributed by atoms with E-state index < -0.39 is 15.9 Å². The molecule has 0 saturated heterocycles. The van der Waals surface area contributed by atoms with Crippen LogP contribution in [-0.2, 0) is 21.4 Å². The van der Waals surface area contributed by atoms with Crippen LogP contribution in [0.4, 0.5) is 5.69 Å². The first-order valence-electron chi connectivity index (χ1n) is 9.92. The molecular weight excluding hydrogens is 416 g/mol. The largest absolute Gasteiger partial charge is 0.492 e. The molecule has 31 heavy (non-hydrogen) atoms. The lowest BCUT2D eigenvalue weighted by Crippen LogP contribution is -2.37. The lowest BCUT2D eigenvalue weighted by atomic mass is 10.2. The van der Waals surface area contributed by atoms with Gasteiger partial charge in [-0.05, 0) is 62.2 Å². The van der Waals surface area contributed by atoms with E-state index in [2.05, 4.69) is 5.32 Å². The summed E-state index contributed by atoms with van der Waals surface area (Å²) in [6.45, 7) is 5.40. The van der Waals surface area contributed by atoms with E-state index in [1.165, 1.54) is 6.26 Å². The van der Waals surface area contributed by atoms with Crippen LogP contribution >= 0.6 is 0 Å². The molecule has 0 unspecified atom stereocenters. The number of hydrogen-bond acceptors (Lipinski definition) is 5. The van der Waals surface area contributed by atoms with Crippen LogP contribution in [0.15, 0.2) is 70.2 Å². The highest BCUT2D eigenvalue weighted by atomic mass is 32.2. The Labute approximate surface area is 182 Å². The molecule has 1 aromatic heterocycles. The molecule has 0 fully saturated rings. The van der Waals surface area contributed by atoms with Gasteiger partial charge in [0.25, 0.3) is 0 Å². The normalized spacial score (nSPS) is 11.5. The zero-order valence-corrected chi connectivity index (χ0v) is 18.6. The first kappa shape index (κ1) is 22.6. The summed E-state index contributed by atoms with van der Waals surface area (Å²) < 4.78 is 38.9. The average Bonchev–Trinajstić information content (AvgIpc) is 3.24. The fourth-order valence-corrected chi connectivity index (χ4v) is 4.80. The summed E-state index contributed by atoms with van der Waals surface area (Å²) in [6, 6.07) is 15.6. The first-order chi connectivity index (χ1) is 14.8. The number of para-hydroxylation sites is 2. The number of aryl methyl sites for hydroxylation is 2. The summed E-state index contributed by atoms with van der Waals surface area (Å²) in [5, 5.41) is 2.75. The second-order valence-electron chi connectivity index (χ2n) is 7.10. The molecule has 1 amide bonds. The zero-order valence-electron chi connectivity index (χ0n) is 17.8. The number of carbonyl (C=O) groups excluding carboxylic acids is 1. The van der Waals surface area contributed by atoms with Gasteiger partial charge in [0.1, 0.15) is 11.5 Å².